The predicted octanol–water partition coefficient (Wildman–Crippen LogP) is 1.76. The van der Waals surface area contributed by atoms with E-state index >= 15 is 4.79 Å². The van der Waals surface area contributed by atoms with Crippen LogP contribution < -0.4 is 64.2 Å². The van der Waals surface area contributed by atoms with E-state index in [9.17, 15) is 72.5 Å². The molecular weight excluding hydrogens is 1270 g/mol. The van der Waals surface area contributed by atoms with Crippen molar-refractivity contribution in [2.24, 2.45) is 29.4 Å². The van der Waals surface area contributed by atoms with Crippen molar-refractivity contribution >= 4 is 83.1 Å². The first-order valence-electron chi connectivity index (χ1n) is 33.3. The number of aliphatic hydroxyl groups is 2. The summed E-state index contributed by atoms with van der Waals surface area (Å²) in [6.45, 7) is 26.3. The van der Waals surface area contributed by atoms with E-state index < -0.39 is 223 Å². The fourth-order valence-electron chi connectivity index (χ4n) is 9.60. The Morgan fingerprint density at radius 2 is 0.979 bits per heavy atom. The number of carbonyl (C=O) groups is 14. The summed E-state index contributed by atoms with van der Waals surface area (Å²) >= 11 is 0. The Bertz CT molecular complexity index is 2680. The van der Waals surface area contributed by atoms with Gasteiger partial charge in [0.1, 0.15) is 58.4 Å². The van der Waals surface area contributed by atoms with E-state index in [-0.39, 0.29) is 57.7 Å². The van der Waals surface area contributed by atoms with Gasteiger partial charge in [-0.05, 0) is 148 Å². The zero-order valence-corrected chi connectivity index (χ0v) is 60.1. The second kappa shape index (κ2) is 40.9. The number of nitrogens with one attached hydrogen (secondary N) is 11. The van der Waals surface area contributed by atoms with Gasteiger partial charge in [0, 0.05) is 63.8 Å². The largest absolute Gasteiger partial charge is 0.444 e. The third-order valence-corrected chi connectivity index (χ3v) is 14.5. The molecule has 0 saturated carbocycles. The van der Waals surface area contributed by atoms with E-state index in [2.05, 4.69) is 58.5 Å². The molecule has 32 nitrogen and oxygen atoms in total. The van der Waals surface area contributed by atoms with Gasteiger partial charge in [0.05, 0.1) is 30.2 Å². The number of carbonyl (C=O) groups excluding carboxylic acids is 14. The van der Waals surface area contributed by atoms with Crippen molar-refractivity contribution < 1.29 is 96.3 Å². The minimum absolute atomic E-state index is 0.0690. The Balaban J connectivity index is 4.35. The highest BCUT2D eigenvalue weighted by Crippen LogP contribution is 2.20. The van der Waals surface area contributed by atoms with Gasteiger partial charge >= 0.3 is 24.4 Å². The molecule has 0 aromatic heterocycles. The van der Waals surface area contributed by atoms with Crippen LogP contribution in [-0.4, -0.2) is 203 Å². The molecule has 1 aliphatic rings. The molecule has 2 unspecified atom stereocenters. The second-order valence-corrected chi connectivity index (χ2v) is 28.8. The summed E-state index contributed by atoms with van der Waals surface area (Å²) in [6, 6.07) is -10.6. The summed E-state index contributed by atoms with van der Waals surface area (Å²) in [5.41, 5.74) is 2.18. The van der Waals surface area contributed by atoms with Gasteiger partial charge in [-0.3, -0.25) is 47.9 Å². The molecule has 1 fully saturated rings. The number of Topliss-reactive ketones (excluding diaryl/α,β-unsaturated/α-hetero) is 3. The molecule has 0 spiro atoms. The lowest BCUT2D eigenvalue weighted by molar-refractivity contribution is -0.137. The van der Waals surface area contributed by atoms with Crippen molar-refractivity contribution in [1.82, 2.24) is 58.5 Å². The molecule has 12 atom stereocenters. The summed E-state index contributed by atoms with van der Waals surface area (Å²) in [4.78, 5) is 196. The summed E-state index contributed by atoms with van der Waals surface area (Å²) in [6.07, 6.45) is -9.84. The topological polar surface area (TPSA) is 475 Å². The summed E-state index contributed by atoms with van der Waals surface area (Å²) in [5.74, 6) is -14.1. The number of hydrogen-bond acceptors (Lipinski definition) is 21. The van der Waals surface area contributed by atoms with Gasteiger partial charge < -0.3 is 93.4 Å². The smallest absolute Gasteiger partial charge is 0.407 e. The van der Waals surface area contributed by atoms with Crippen LogP contribution in [0.2, 0.25) is 0 Å². The minimum atomic E-state index is -1.81. The number of nitrogens with two attached hydrogens (primary N) is 1. The van der Waals surface area contributed by atoms with Gasteiger partial charge in [0.15, 0.2) is 11.6 Å². The monoisotopic (exact) mass is 1380 g/mol. The molecule has 1 rings (SSSR count). The van der Waals surface area contributed by atoms with E-state index in [0.717, 1.165) is 6.92 Å². The first kappa shape index (κ1) is 87.3. The molecule has 554 valence electrons. The highest BCUT2D eigenvalue weighted by Gasteiger charge is 2.39. The third kappa shape index (κ3) is 36.4. The fraction of sp³-hybridized carbons (Fsp3) is 0.785. The Kier molecular flexibility index (Phi) is 36.8. The van der Waals surface area contributed by atoms with Crippen LogP contribution in [0.4, 0.5) is 19.2 Å². The first-order chi connectivity index (χ1) is 44.6. The number of hydrogen-bond donors (Lipinski definition) is 14. The number of ketones is 3. The van der Waals surface area contributed by atoms with Crippen LogP contribution >= 0.6 is 0 Å². The van der Waals surface area contributed by atoms with Gasteiger partial charge in [0.2, 0.25) is 41.4 Å². The molecule has 0 aliphatic carbocycles. The van der Waals surface area contributed by atoms with Crippen LogP contribution in [0.5, 0.6) is 0 Å². The van der Waals surface area contributed by atoms with Crippen molar-refractivity contribution in [3.8, 4) is 0 Å². The zero-order valence-electron chi connectivity index (χ0n) is 60.1. The van der Waals surface area contributed by atoms with E-state index in [4.69, 9.17) is 24.7 Å². The maximum atomic E-state index is 15.0. The highest BCUT2D eigenvalue weighted by atomic mass is 16.6. The quantitative estimate of drug-likeness (QED) is 0.0549. The second-order valence-electron chi connectivity index (χ2n) is 28.8. The van der Waals surface area contributed by atoms with Crippen LogP contribution in [0, 0.1) is 23.7 Å². The summed E-state index contributed by atoms with van der Waals surface area (Å²) in [7, 11) is 0. The minimum Gasteiger partial charge on any atom is -0.444 e. The average molecular weight is 1380 g/mol. The van der Waals surface area contributed by atoms with E-state index in [0.29, 0.717) is 6.42 Å². The van der Waals surface area contributed by atoms with Crippen molar-refractivity contribution in [3.63, 3.8) is 0 Å². The van der Waals surface area contributed by atoms with E-state index in [1.807, 2.05) is 0 Å². The van der Waals surface area contributed by atoms with E-state index in [1.165, 1.54) is 6.92 Å². The molecule has 1 heterocycles. The van der Waals surface area contributed by atoms with Crippen molar-refractivity contribution in [2.45, 2.75) is 272 Å². The number of alkyl carbamates (subject to hydrolysis) is 4. The Morgan fingerprint density at radius 1 is 0.546 bits per heavy atom. The molecule has 0 aromatic rings. The predicted molar refractivity (Wildman–Crippen MR) is 355 cm³/mol. The Morgan fingerprint density at radius 3 is 1.44 bits per heavy atom. The molecule has 1 aliphatic heterocycles. The van der Waals surface area contributed by atoms with Crippen LogP contribution in [0.25, 0.3) is 0 Å². The molecule has 97 heavy (non-hydrogen) atoms. The number of amides is 11. The molecule has 1 saturated heterocycles. The molecule has 0 radical (unpaired) electrons. The average Bonchev–Trinajstić information content (AvgIpc) is 1.08. The lowest BCUT2D eigenvalue weighted by Crippen LogP contribution is -2.58. The van der Waals surface area contributed by atoms with Crippen LogP contribution in [0.15, 0.2) is 0 Å². The fourth-order valence-corrected chi connectivity index (χ4v) is 9.60. The van der Waals surface area contributed by atoms with Gasteiger partial charge in [-0.15, -0.1) is 0 Å². The van der Waals surface area contributed by atoms with Crippen LogP contribution in [0.3, 0.4) is 0 Å². The van der Waals surface area contributed by atoms with Gasteiger partial charge in [0.25, 0.3) is 0 Å². The van der Waals surface area contributed by atoms with Gasteiger partial charge in [-0.1, -0.05) is 34.1 Å². The lowest BCUT2D eigenvalue weighted by Gasteiger charge is -2.28. The normalized spacial score (nSPS) is 21.8. The number of ether oxygens (including phenoxy) is 4. The maximum absolute atomic E-state index is 15.0. The standard InChI is InChI=1S/C65H114N12O20/c1-19-21-41(66)47(80)33-40(36(5)78)53(85)76-46(34-71-61(93)97-65(16,17)18)49(82)32-38-22-26-67-57(89)50(37(6)79)77-52(84)39(23-27-68-58(90)94-62(7,8)9)31-48(81)43(24-28-69-59(91)95-63(10,11)12)73-54(86)42(20-2)72-56(88)45(30-35(3)4)75-55(87)44(74-51(38)83)25-29-70-60(92)96-64(13,14)15/h35-46,50,78-79H,19-34,66H2,1-18H3,(H,67,89)(H,68,90)(H,69,91)(H,70,92)(H,71,93)(H,72,88)(H,73,86)(H,74,83)(H,75,87)(H,76,85)(H,77,84)/t36?,37?,38-,39-,40+,41+,42+,43+,44-,45-,46+,50+/m1/s1. The highest BCUT2D eigenvalue weighted by molar-refractivity contribution is 5.99. The third-order valence-electron chi connectivity index (χ3n) is 14.5. The maximum Gasteiger partial charge on any atom is 0.407 e. The molecular formula is C65H114N12O20. The lowest BCUT2D eigenvalue weighted by atomic mass is 9.91. The van der Waals surface area contributed by atoms with Crippen LogP contribution in [0.1, 0.15) is 195 Å². The molecule has 11 amide bonds. The van der Waals surface area contributed by atoms with E-state index in [1.54, 1.807) is 111 Å². The number of rotatable bonds is 26. The van der Waals surface area contributed by atoms with Crippen molar-refractivity contribution in [1.29, 1.82) is 0 Å². The van der Waals surface area contributed by atoms with Crippen molar-refractivity contribution in [3.05, 3.63) is 0 Å². The molecule has 32 heteroatoms. The zero-order chi connectivity index (χ0) is 74.5. The first-order valence-corrected chi connectivity index (χ1v) is 33.3. The Hall–Kier alpha value is -7.74. The molecule has 0 aromatic carbocycles. The van der Waals surface area contributed by atoms with Crippen LogP contribution in [-0.2, 0) is 66.9 Å². The summed E-state index contributed by atoms with van der Waals surface area (Å²) < 4.78 is 21.4. The van der Waals surface area contributed by atoms with Gasteiger partial charge in [-0.25, -0.2) is 19.2 Å². The van der Waals surface area contributed by atoms with Crippen molar-refractivity contribution in [2.75, 3.05) is 32.7 Å². The Labute approximate surface area is 570 Å². The molecule has 0 bridgehead atoms. The SMILES string of the molecule is CCC[C@H](N)C(=O)C[C@H](C(=O)N[C@@H](CNC(=O)OC(C)(C)C)C(=O)C[C@H]1CCNC(=O)[C@H](C(C)O)NC(=O)[C@H](CCNC(=O)OC(C)(C)C)CC(=O)[C@H](CCNC(=O)OC(C)(C)C)NC(=O)[C@H](CC)NC(=O)[C@@H](CC(C)C)NC(=O)[C@@H](CCNC(=O)OC(C)(C)C)NC1=O)C(C)O. The molecule has 15 N–H and O–H groups in total. The van der Waals surface area contributed by atoms with Gasteiger partial charge in [-0.2, -0.15) is 0 Å². The number of aliphatic hydroxyl groups excluding tert-OH is 2. The summed E-state index contributed by atoms with van der Waals surface area (Å²) in [5, 5.41) is 49.9.